The van der Waals surface area contributed by atoms with Crippen LogP contribution in [-0.2, 0) is 4.74 Å². The van der Waals surface area contributed by atoms with Crippen LogP contribution in [0.3, 0.4) is 0 Å². The molecule has 1 N–H and O–H groups in total. The fourth-order valence-electron chi connectivity index (χ4n) is 2.92. The minimum absolute atomic E-state index is 0.252. The predicted molar refractivity (Wildman–Crippen MR) is 123 cm³/mol. The van der Waals surface area contributed by atoms with Crippen molar-refractivity contribution in [3.63, 3.8) is 0 Å². The van der Waals surface area contributed by atoms with E-state index in [2.05, 4.69) is 17.0 Å². The molecule has 1 heterocycles. The monoisotopic (exact) mass is 443 g/mol. The molecule has 0 fully saturated rings. The van der Waals surface area contributed by atoms with Gasteiger partial charge in [0.1, 0.15) is 0 Å². The molecule has 0 aliphatic rings. The Labute approximate surface area is 186 Å². The summed E-state index contributed by atoms with van der Waals surface area (Å²) < 4.78 is 7.05. The highest BCUT2D eigenvalue weighted by Gasteiger charge is 2.25. The molecule has 2 aromatic carbocycles. The van der Waals surface area contributed by atoms with Crippen molar-refractivity contribution in [2.24, 2.45) is 0 Å². The standard InChI is InChI=1S/C23H23Cl2N3O2/c1-5-17-20(22(29)26-14-23(2,3)30-4)27-28(19-9-7-6-8-18(19)25)21(17)15-10-12-16(24)13-11-15/h5-13H,1,14H2,2-4H3,(H,26,29). The molecule has 5 nitrogen and oxygen atoms in total. The van der Waals surface area contributed by atoms with E-state index < -0.39 is 5.60 Å². The van der Waals surface area contributed by atoms with Crippen LogP contribution in [0, 0.1) is 0 Å². The second kappa shape index (κ2) is 9.04. The Kier molecular flexibility index (Phi) is 6.66. The lowest BCUT2D eigenvalue weighted by Crippen LogP contribution is -2.40. The molecule has 1 aromatic heterocycles. The van der Waals surface area contributed by atoms with E-state index in [1.807, 2.05) is 44.2 Å². The maximum atomic E-state index is 13.0. The van der Waals surface area contributed by atoms with E-state index in [1.165, 1.54) is 0 Å². The minimum Gasteiger partial charge on any atom is -0.377 e. The SMILES string of the molecule is C=Cc1c(C(=O)NCC(C)(C)OC)nn(-c2ccccc2Cl)c1-c1ccc(Cl)cc1. The van der Waals surface area contributed by atoms with Crippen LogP contribution in [-0.4, -0.2) is 34.9 Å². The maximum absolute atomic E-state index is 13.0. The summed E-state index contributed by atoms with van der Waals surface area (Å²) in [5, 5.41) is 8.63. The topological polar surface area (TPSA) is 56.1 Å². The van der Waals surface area contributed by atoms with Gasteiger partial charge in [-0.25, -0.2) is 4.68 Å². The Morgan fingerprint density at radius 2 is 1.87 bits per heavy atom. The first-order chi connectivity index (χ1) is 14.3. The van der Waals surface area contributed by atoms with Gasteiger partial charge in [0.05, 0.1) is 22.0 Å². The zero-order valence-corrected chi connectivity index (χ0v) is 18.6. The molecule has 0 saturated carbocycles. The van der Waals surface area contributed by atoms with E-state index >= 15 is 0 Å². The molecule has 0 atom stereocenters. The highest BCUT2D eigenvalue weighted by molar-refractivity contribution is 6.32. The van der Waals surface area contributed by atoms with Crippen molar-refractivity contribution in [3.8, 4) is 16.9 Å². The number of nitrogens with one attached hydrogen (secondary N) is 1. The van der Waals surface area contributed by atoms with Gasteiger partial charge in [0.2, 0.25) is 0 Å². The fourth-order valence-corrected chi connectivity index (χ4v) is 3.27. The number of halogens is 2. The summed E-state index contributed by atoms with van der Waals surface area (Å²) in [6, 6.07) is 14.6. The Bertz CT molecular complexity index is 1070. The number of para-hydroxylation sites is 1. The van der Waals surface area contributed by atoms with Crippen LogP contribution in [0.5, 0.6) is 0 Å². The first-order valence-corrected chi connectivity index (χ1v) is 10.1. The van der Waals surface area contributed by atoms with Crippen molar-refractivity contribution in [2.75, 3.05) is 13.7 Å². The van der Waals surface area contributed by atoms with E-state index in [0.717, 1.165) is 5.56 Å². The maximum Gasteiger partial charge on any atom is 0.272 e. The van der Waals surface area contributed by atoms with E-state index in [1.54, 1.807) is 36.1 Å². The van der Waals surface area contributed by atoms with Gasteiger partial charge in [-0.1, -0.05) is 60.1 Å². The largest absolute Gasteiger partial charge is 0.377 e. The van der Waals surface area contributed by atoms with Gasteiger partial charge >= 0.3 is 0 Å². The number of nitrogens with zero attached hydrogens (tertiary/aromatic N) is 2. The summed E-state index contributed by atoms with van der Waals surface area (Å²) in [4.78, 5) is 13.0. The number of hydrogen-bond donors (Lipinski definition) is 1. The van der Waals surface area contributed by atoms with Crippen LogP contribution in [0.15, 0.2) is 55.1 Å². The average molecular weight is 444 g/mol. The molecule has 3 rings (SSSR count). The van der Waals surface area contributed by atoms with Gasteiger partial charge in [0.15, 0.2) is 5.69 Å². The summed E-state index contributed by atoms with van der Waals surface area (Å²) in [6.45, 7) is 8.03. The Hall–Kier alpha value is -2.60. The Balaban J connectivity index is 2.16. The Morgan fingerprint density at radius 1 is 1.20 bits per heavy atom. The van der Waals surface area contributed by atoms with E-state index in [0.29, 0.717) is 33.5 Å². The van der Waals surface area contributed by atoms with Gasteiger partial charge in [0, 0.05) is 29.8 Å². The molecular formula is C23H23Cl2N3O2. The number of hydrogen-bond acceptors (Lipinski definition) is 3. The molecule has 3 aromatic rings. The van der Waals surface area contributed by atoms with Gasteiger partial charge in [-0.2, -0.15) is 5.10 Å². The molecule has 7 heteroatoms. The van der Waals surface area contributed by atoms with Gasteiger partial charge in [-0.05, 0) is 38.1 Å². The third-order valence-corrected chi connectivity index (χ3v) is 5.34. The molecule has 0 radical (unpaired) electrons. The molecule has 156 valence electrons. The van der Waals surface area contributed by atoms with Gasteiger partial charge < -0.3 is 10.1 Å². The highest BCUT2D eigenvalue weighted by atomic mass is 35.5. The van der Waals surface area contributed by atoms with Gasteiger partial charge in [-0.15, -0.1) is 0 Å². The third kappa shape index (κ3) is 4.59. The molecule has 0 bridgehead atoms. The number of carbonyl (C=O) groups is 1. The first-order valence-electron chi connectivity index (χ1n) is 9.37. The molecule has 30 heavy (non-hydrogen) atoms. The molecule has 0 aliphatic heterocycles. The van der Waals surface area contributed by atoms with Crippen molar-refractivity contribution < 1.29 is 9.53 Å². The summed E-state index contributed by atoms with van der Waals surface area (Å²) in [5.41, 5.74) is 2.54. The molecule has 0 spiro atoms. The zero-order chi connectivity index (χ0) is 21.9. The highest BCUT2D eigenvalue weighted by Crippen LogP contribution is 2.33. The van der Waals surface area contributed by atoms with Crippen LogP contribution in [0.25, 0.3) is 23.0 Å². The van der Waals surface area contributed by atoms with Crippen LogP contribution in [0.2, 0.25) is 10.0 Å². The van der Waals surface area contributed by atoms with E-state index in [-0.39, 0.29) is 11.6 Å². The van der Waals surface area contributed by atoms with Crippen molar-refractivity contribution in [3.05, 3.63) is 76.4 Å². The number of carbonyl (C=O) groups excluding carboxylic acids is 1. The second-order valence-electron chi connectivity index (χ2n) is 7.33. The van der Waals surface area contributed by atoms with E-state index in [9.17, 15) is 4.79 Å². The second-order valence-corrected chi connectivity index (χ2v) is 8.18. The molecule has 0 aliphatic carbocycles. The molecule has 0 unspecified atom stereocenters. The van der Waals surface area contributed by atoms with Crippen molar-refractivity contribution in [1.29, 1.82) is 0 Å². The van der Waals surface area contributed by atoms with Gasteiger partial charge in [0.25, 0.3) is 5.91 Å². The van der Waals surface area contributed by atoms with Gasteiger partial charge in [-0.3, -0.25) is 4.79 Å². The third-order valence-electron chi connectivity index (χ3n) is 4.77. The number of aromatic nitrogens is 2. The lowest BCUT2D eigenvalue weighted by atomic mass is 10.0. The van der Waals surface area contributed by atoms with Crippen molar-refractivity contribution in [2.45, 2.75) is 19.4 Å². The number of methoxy groups -OCH3 is 1. The zero-order valence-electron chi connectivity index (χ0n) is 17.1. The van der Waals surface area contributed by atoms with Crippen molar-refractivity contribution in [1.82, 2.24) is 15.1 Å². The lowest BCUT2D eigenvalue weighted by molar-refractivity contribution is 0.0228. The summed E-state index contributed by atoms with van der Waals surface area (Å²) in [5.74, 6) is -0.323. The van der Waals surface area contributed by atoms with Crippen molar-refractivity contribution >= 4 is 35.2 Å². The van der Waals surface area contributed by atoms with E-state index in [4.69, 9.17) is 27.9 Å². The quantitative estimate of drug-likeness (QED) is 0.513. The summed E-state index contributed by atoms with van der Waals surface area (Å²) in [7, 11) is 1.60. The number of amides is 1. The number of ether oxygens (including phenoxy) is 1. The number of rotatable bonds is 7. The fraction of sp³-hybridized carbons (Fsp3) is 0.217. The normalized spacial score (nSPS) is 11.4. The smallest absolute Gasteiger partial charge is 0.272 e. The van der Waals surface area contributed by atoms with Crippen LogP contribution < -0.4 is 5.32 Å². The molecule has 0 saturated heterocycles. The van der Waals surface area contributed by atoms with Crippen LogP contribution in [0.1, 0.15) is 29.9 Å². The molecule has 1 amide bonds. The lowest BCUT2D eigenvalue weighted by Gasteiger charge is -2.22. The first kappa shape index (κ1) is 22.1. The number of benzene rings is 2. The predicted octanol–water partition coefficient (Wildman–Crippen LogP) is 5.64. The van der Waals surface area contributed by atoms with Crippen LogP contribution in [0.4, 0.5) is 0 Å². The Morgan fingerprint density at radius 3 is 2.47 bits per heavy atom. The molecular weight excluding hydrogens is 421 g/mol. The van der Waals surface area contributed by atoms with Crippen LogP contribution >= 0.6 is 23.2 Å². The minimum atomic E-state index is -0.506. The summed E-state index contributed by atoms with van der Waals surface area (Å²) >= 11 is 12.5. The summed E-state index contributed by atoms with van der Waals surface area (Å²) in [6.07, 6.45) is 1.63. The average Bonchev–Trinajstić information content (AvgIpc) is 3.12.